The molecule has 2 heterocycles. The van der Waals surface area contributed by atoms with Crippen molar-refractivity contribution in [1.82, 2.24) is 5.32 Å². The fourth-order valence-corrected chi connectivity index (χ4v) is 4.88. The predicted octanol–water partition coefficient (Wildman–Crippen LogP) is 5.80. The molecular weight excluding hydrogens is 465 g/mol. The molecule has 2 aliphatic heterocycles. The number of nitrogens with one attached hydrogen (secondary N) is 1. The SMILES string of the molecule is O=C1NC(=Nc2ccc(Cl)cc2)S/C1=C1\C(=O)N(Cc2ccccc2Cl)c2ccccc21. The van der Waals surface area contributed by atoms with Gasteiger partial charge in [-0.25, -0.2) is 4.99 Å². The maximum Gasteiger partial charge on any atom is 0.264 e. The number of thioether (sulfide) groups is 1. The molecule has 0 saturated carbocycles. The third kappa shape index (κ3) is 3.81. The minimum absolute atomic E-state index is 0.239. The molecule has 32 heavy (non-hydrogen) atoms. The van der Waals surface area contributed by atoms with E-state index >= 15 is 0 Å². The van der Waals surface area contributed by atoms with Crippen LogP contribution in [0, 0.1) is 0 Å². The molecule has 0 unspecified atom stereocenters. The maximum absolute atomic E-state index is 13.5. The van der Waals surface area contributed by atoms with Crippen molar-refractivity contribution in [2.45, 2.75) is 6.54 Å². The largest absolute Gasteiger partial charge is 0.303 e. The number of fused-ring (bicyclic) bond motifs is 1. The Morgan fingerprint density at radius 2 is 1.62 bits per heavy atom. The van der Waals surface area contributed by atoms with Gasteiger partial charge >= 0.3 is 0 Å². The quantitative estimate of drug-likeness (QED) is 0.482. The molecule has 2 aliphatic rings. The number of carbonyl (C=O) groups is 2. The summed E-state index contributed by atoms with van der Waals surface area (Å²) < 4.78 is 0. The van der Waals surface area contributed by atoms with Gasteiger partial charge in [0.25, 0.3) is 11.8 Å². The molecule has 158 valence electrons. The number of para-hydroxylation sites is 1. The summed E-state index contributed by atoms with van der Waals surface area (Å²) in [7, 11) is 0. The molecule has 0 atom stereocenters. The highest BCUT2D eigenvalue weighted by molar-refractivity contribution is 8.18. The van der Waals surface area contributed by atoms with Crippen molar-refractivity contribution < 1.29 is 9.59 Å². The van der Waals surface area contributed by atoms with E-state index in [1.807, 2.05) is 42.5 Å². The lowest BCUT2D eigenvalue weighted by Gasteiger charge is -2.18. The van der Waals surface area contributed by atoms with Crippen molar-refractivity contribution >= 4 is 68.9 Å². The Morgan fingerprint density at radius 1 is 0.906 bits per heavy atom. The lowest BCUT2D eigenvalue weighted by atomic mass is 10.1. The first kappa shape index (κ1) is 20.8. The average molecular weight is 480 g/mol. The Hall–Kier alpha value is -3.06. The summed E-state index contributed by atoms with van der Waals surface area (Å²) in [5.41, 5.74) is 3.32. The van der Waals surface area contributed by atoms with E-state index in [1.165, 1.54) is 0 Å². The molecule has 0 spiro atoms. The van der Waals surface area contributed by atoms with E-state index in [1.54, 1.807) is 35.2 Å². The zero-order chi connectivity index (χ0) is 22.2. The van der Waals surface area contributed by atoms with Gasteiger partial charge in [0.05, 0.1) is 28.4 Å². The number of aliphatic imine (C=N–C) groups is 1. The molecule has 2 amide bonds. The highest BCUT2D eigenvalue weighted by Crippen LogP contribution is 2.43. The monoisotopic (exact) mass is 479 g/mol. The van der Waals surface area contributed by atoms with Gasteiger partial charge in [0.1, 0.15) is 0 Å². The van der Waals surface area contributed by atoms with Gasteiger partial charge in [-0.3, -0.25) is 9.59 Å². The van der Waals surface area contributed by atoms with Crippen LogP contribution in [0.5, 0.6) is 0 Å². The molecule has 0 radical (unpaired) electrons. The molecular formula is C24H15Cl2N3O2S. The maximum atomic E-state index is 13.5. The summed E-state index contributed by atoms with van der Waals surface area (Å²) in [6, 6.07) is 21.8. The van der Waals surface area contributed by atoms with Gasteiger partial charge in [-0.05, 0) is 53.7 Å². The number of hydrogen-bond acceptors (Lipinski definition) is 4. The first-order chi connectivity index (χ1) is 15.5. The van der Waals surface area contributed by atoms with Crippen LogP contribution in [0.3, 0.4) is 0 Å². The number of halogens is 2. The van der Waals surface area contributed by atoms with Crippen LogP contribution in [0.1, 0.15) is 11.1 Å². The van der Waals surface area contributed by atoms with Gasteiger partial charge in [0, 0.05) is 15.6 Å². The highest BCUT2D eigenvalue weighted by atomic mass is 35.5. The first-order valence-corrected chi connectivity index (χ1v) is 11.3. The summed E-state index contributed by atoms with van der Waals surface area (Å²) in [5, 5.41) is 4.36. The summed E-state index contributed by atoms with van der Waals surface area (Å²) >= 11 is 13.4. The van der Waals surface area contributed by atoms with Crippen LogP contribution in [0.25, 0.3) is 5.57 Å². The smallest absolute Gasteiger partial charge is 0.264 e. The van der Waals surface area contributed by atoms with Gasteiger partial charge in [-0.15, -0.1) is 0 Å². The van der Waals surface area contributed by atoms with Gasteiger partial charge in [-0.1, -0.05) is 59.6 Å². The lowest BCUT2D eigenvalue weighted by Crippen LogP contribution is -2.27. The van der Waals surface area contributed by atoms with E-state index in [0.29, 0.717) is 37.9 Å². The fraction of sp³-hybridized carbons (Fsp3) is 0.0417. The molecule has 1 fully saturated rings. The predicted molar refractivity (Wildman–Crippen MR) is 130 cm³/mol. The van der Waals surface area contributed by atoms with Crippen LogP contribution in [0.2, 0.25) is 10.0 Å². The van der Waals surface area contributed by atoms with E-state index in [2.05, 4.69) is 10.3 Å². The molecule has 0 aromatic heterocycles. The van der Waals surface area contributed by atoms with Crippen LogP contribution in [-0.4, -0.2) is 17.0 Å². The lowest BCUT2D eigenvalue weighted by molar-refractivity contribution is -0.116. The summed E-state index contributed by atoms with van der Waals surface area (Å²) in [5.74, 6) is -0.586. The molecule has 3 aromatic rings. The molecule has 1 saturated heterocycles. The Balaban J connectivity index is 1.53. The van der Waals surface area contributed by atoms with Gasteiger partial charge in [-0.2, -0.15) is 0 Å². The van der Waals surface area contributed by atoms with Crippen LogP contribution in [0.15, 0.2) is 82.7 Å². The normalized spacial score (nSPS) is 18.9. The zero-order valence-electron chi connectivity index (χ0n) is 16.5. The number of amidine groups is 1. The molecule has 5 rings (SSSR count). The molecule has 0 bridgehead atoms. The Labute approximate surface area is 198 Å². The third-order valence-electron chi connectivity index (χ3n) is 5.12. The van der Waals surface area contributed by atoms with Gasteiger partial charge < -0.3 is 10.2 Å². The number of anilines is 1. The summed E-state index contributed by atoms with van der Waals surface area (Å²) in [6.07, 6.45) is 0. The number of amides is 2. The molecule has 8 heteroatoms. The minimum Gasteiger partial charge on any atom is -0.303 e. The highest BCUT2D eigenvalue weighted by Gasteiger charge is 2.39. The number of benzene rings is 3. The first-order valence-electron chi connectivity index (χ1n) is 9.73. The Bertz CT molecular complexity index is 1320. The van der Waals surface area contributed by atoms with Gasteiger partial charge in [0.15, 0.2) is 5.17 Å². The third-order valence-corrected chi connectivity index (χ3v) is 6.72. The Morgan fingerprint density at radius 3 is 2.41 bits per heavy atom. The van der Waals surface area contributed by atoms with Crippen LogP contribution in [0.4, 0.5) is 11.4 Å². The minimum atomic E-state index is -0.347. The van der Waals surface area contributed by atoms with E-state index < -0.39 is 0 Å². The fourth-order valence-electron chi connectivity index (χ4n) is 3.62. The topological polar surface area (TPSA) is 61.8 Å². The van der Waals surface area contributed by atoms with Crippen molar-refractivity contribution in [3.8, 4) is 0 Å². The number of nitrogens with zero attached hydrogens (tertiary/aromatic N) is 2. The van der Waals surface area contributed by atoms with Crippen molar-refractivity contribution in [3.05, 3.63) is 98.9 Å². The molecule has 5 nitrogen and oxygen atoms in total. The Kier molecular flexibility index (Phi) is 5.51. The second-order valence-electron chi connectivity index (χ2n) is 7.15. The van der Waals surface area contributed by atoms with E-state index in [9.17, 15) is 9.59 Å². The van der Waals surface area contributed by atoms with Crippen LogP contribution in [-0.2, 0) is 16.1 Å². The van der Waals surface area contributed by atoms with E-state index in [-0.39, 0.29) is 11.8 Å². The van der Waals surface area contributed by atoms with Crippen molar-refractivity contribution in [1.29, 1.82) is 0 Å². The van der Waals surface area contributed by atoms with Gasteiger partial charge in [0.2, 0.25) is 0 Å². The average Bonchev–Trinajstić information content (AvgIpc) is 3.27. The van der Waals surface area contributed by atoms with Crippen LogP contribution < -0.4 is 10.2 Å². The molecule has 0 aliphatic carbocycles. The summed E-state index contributed by atoms with van der Waals surface area (Å²) in [6.45, 7) is 0.310. The second-order valence-corrected chi connectivity index (χ2v) is 9.00. The second kappa shape index (κ2) is 8.47. The zero-order valence-corrected chi connectivity index (χ0v) is 18.8. The number of hydrogen-bond donors (Lipinski definition) is 1. The van der Waals surface area contributed by atoms with E-state index in [4.69, 9.17) is 23.2 Å². The van der Waals surface area contributed by atoms with E-state index in [0.717, 1.165) is 28.6 Å². The van der Waals surface area contributed by atoms with Crippen molar-refractivity contribution in [2.75, 3.05) is 4.90 Å². The van der Waals surface area contributed by atoms with Crippen molar-refractivity contribution in [2.24, 2.45) is 4.99 Å². The molecule has 3 aromatic carbocycles. The summed E-state index contributed by atoms with van der Waals surface area (Å²) in [4.78, 5) is 32.7. The van der Waals surface area contributed by atoms with Crippen LogP contribution >= 0.6 is 35.0 Å². The van der Waals surface area contributed by atoms with Crippen molar-refractivity contribution in [3.63, 3.8) is 0 Å². The number of carbonyl (C=O) groups excluding carboxylic acids is 2. The number of rotatable bonds is 3. The molecule has 1 N–H and O–H groups in total. The standard InChI is InChI=1S/C24H15Cl2N3O2S/c25-15-9-11-16(12-10-15)27-24-28-22(30)21(32-24)20-17-6-2-4-8-19(17)29(23(20)31)13-14-5-1-3-7-18(14)26/h1-12H,13H2,(H,27,28,30)/b21-20-.